The van der Waals surface area contributed by atoms with Crippen molar-refractivity contribution in [3.05, 3.63) is 0 Å². The Bertz CT molecular complexity index is 253. The molecule has 4 heteroatoms. The van der Waals surface area contributed by atoms with Crippen LogP contribution in [0.25, 0.3) is 0 Å². The summed E-state index contributed by atoms with van der Waals surface area (Å²) in [6.07, 6.45) is 3.73. The van der Waals surface area contributed by atoms with Gasteiger partial charge in [-0.25, -0.2) is 0 Å². The minimum atomic E-state index is -0.0758. The molecule has 1 aliphatic rings. The van der Waals surface area contributed by atoms with E-state index in [2.05, 4.69) is 17.6 Å². The highest BCUT2D eigenvalue weighted by Gasteiger charge is 2.47. The van der Waals surface area contributed by atoms with Crippen LogP contribution in [0.4, 0.5) is 0 Å². The van der Waals surface area contributed by atoms with Gasteiger partial charge in [0.2, 0.25) is 11.8 Å². The molecule has 0 aromatic carbocycles. The van der Waals surface area contributed by atoms with E-state index in [0.717, 1.165) is 25.8 Å². The Morgan fingerprint density at radius 3 is 2.06 bits per heavy atom. The Morgan fingerprint density at radius 2 is 1.56 bits per heavy atom. The molecule has 0 aromatic heterocycles. The topological polar surface area (TPSA) is 58.2 Å². The fraction of sp³-hybridized carbons (Fsp3) is 0.833. The molecule has 1 rings (SSSR count). The fourth-order valence-corrected chi connectivity index (χ4v) is 1.67. The normalized spacial score (nSPS) is 22.6. The predicted molar refractivity (Wildman–Crippen MR) is 62.8 cm³/mol. The van der Waals surface area contributed by atoms with Crippen molar-refractivity contribution in [3.8, 4) is 0 Å². The van der Waals surface area contributed by atoms with E-state index in [4.69, 9.17) is 0 Å². The van der Waals surface area contributed by atoms with E-state index < -0.39 is 0 Å². The van der Waals surface area contributed by atoms with Crippen LogP contribution in [0.5, 0.6) is 0 Å². The fourth-order valence-electron chi connectivity index (χ4n) is 1.67. The number of unbranched alkanes of at least 4 members (excludes halogenated alkanes) is 1. The molecule has 0 bridgehead atoms. The molecule has 2 unspecified atom stereocenters. The van der Waals surface area contributed by atoms with Gasteiger partial charge in [-0.2, -0.15) is 0 Å². The average molecular weight is 226 g/mol. The maximum absolute atomic E-state index is 11.6. The second-order valence-electron chi connectivity index (χ2n) is 4.38. The molecule has 92 valence electrons. The van der Waals surface area contributed by atoms with Crippen LogP contribution in [0.2, 0.25) is 0 Å². The second-order valence-corrected chi connectivity index (χ2v) is 4.38. The summed E-state index contributed by atoms with van der Waals surface area (Å²) in [4.78, 5) is 23.1. The van der Waals surface area contributed by atoms with Crippen molar-refractivity contribution >= 4 is 11.8 Å². The van der Waals surface area contributed by atoms with Crippen molar-refractivity contribution in [3.63, 3.8) is 0 Å². The third-order valence-corrected chi connectivity index (χ3v) is 2.84. The molecular weight excluding hydrogens is 204 g/mol. The van der Waals surface area contributed by atoms with E-state index in [1.54, 1.807) is 0 Å². The number of hydrogen-bond donors (Lipinski definition) is 2. The summed E-state index contributed by atoms with van der Waals surface area (Å²) in [7, 11) is 0. The van der Waals surface area contributed by atoms with Crippen molar-refractivity contribution in [2.45, 2.75) is 39.5 Å². The maximum atomic E-state index is 11.6. The molecule has 2 amide bonds. The van der Waals surface area contributed by atoms with E-state index in [-0.39, 0.29) is 23.7 Å². The molecule has 0 spiro atoms. The Hall–Kier alpha value is -1.06. The summed E-state index contributed by atoms with van der Waals surface area (Å²) in [6, 6.07) is 0. The number of carbonyl (C=O) groups excluding carboxylic acids is 2. The van der Waals surface area contributed by atoms with E-state index in [1.807, 2.05) is 6.92 Å². The van der Waals surface area contributed by atoms with Gasteiger partial charge in [-0.15, -0.1) is 0 Å². The Balaban J connectivity index is 2.17. The summed E-state index contributed by atoms with van der Waals surface area (Å²) in [5, 5.41) is 5.69. The van der Waals surface area contributed by atoms with Gasteiger partial charge < -0.3 is 10.6 Å². The highest BCUT2D eigenvalue weighted by molar-refractivity contribution is 5.92. The van der Waals surface area contributed by atoms with Crippen molar-refractivity contribution in [2.75, 3.05) is 13.1 Å². The predicted octanol–water partition coefficient (Wildman–Crippen LogP) is 1.06. The Kier molecular flexibility index (Phi) is 5.29. The van der Waals surface area contributed by atoms with Gasteiger partial charge in [0.1, 0.15) is 0 Å². The first-order chi connectivity index (χ1) is 7.70. The zero-order valence-electron chi connectivity index (χ0n) is 10.2. The van der Waals surface area contributed by atoms with Gasteiger partial charge in [0, 0.05) is 13.1 Å². The third-order valence-electron chi connectivity index (χ3n) is 2.84. The Morgan fingerprint density at radius 1 is 1.00 bits per heavy atom. The van der Waals surface area contributed by atoms with Crippen molar-refractivity contribution in [2.24, 2.45) is 11.8 Å². The molecule has 0 saturated heterocycles. The van der Waals surface area contributed by atoms with Crippen molar-refractivity contribution in [1.29, 1.82) is 0 Å². The number of nitrogens with one attached hydrogen (secondary N) is 2. The quantitative estimate of drug-likeness (QED) is 0.638. The van der Waals surface area contributed by atoms with Crippen molar-refractivity contribution in [1.82, 2.24) is 10.6 Å². The van der Waals surface area contributed by atoms with Gasteiger partial charge in [0.05, 0.1) is 11.8 Å². The van der Waals surface area contributed by atoms with E-state index in [0.29, 0.717) is 13.0 Å². The first-order valence-electron chi connectivity index (χ1n) is 6.26. The lowest BCUT2D eigenvalue weighted by Gasteiger charge is -2.04. The van der Waals surface area contributed by atoms with Gasteiger partial charge in [-0.05, 0) is 19.3 Å². The second kappa shape index (κ2) is 6.51. The molecule has 0 aliphatic heterocycles. The lowest BCUT2D eigenvalue weighted by atomic mass is 10.2. The van der Waals surface area contributed by atoms with Crippen LogP contribution in [0, 0.1) is 11.8 Å². The average Bonchev–Trinajstić information content (AvgIpc) is 3.06. The van der Waals surface area contributed by atoms with E-state index in [1.165, 1.54) is 0 Å². The van der Waals surface area contributed by atoms with Crippen LogP contribution < -0.4 is 10.6 Å². The lowest BCUT2D eigenvalue weighted by Crippen LogP contribution is -2.30. The molecule has 0 heterocycles. The highest BCUT2D eigenvalue weighted by Crippen LogP contribution is 2.38. The SMILES string of the molecule is CCCCNC(=O)C1CC1C(=O)NCCC. The first-order valence-corrected chi connectivity index (χ1v) is 6.26. The Labute approximate surface area is 97.2 Å². The van der Waals surface area contributed by atoms with Crippen LogP contribution in [0.1, 0.15) is 39.5 Å². The van der Waals surface area contributed by atoms with Crippen LogP contribution in [-0.2, 0) is 9.59 Å². The van der Waals surface area contributed by atoms with Gasteiger partial charge in [0.25, 0.3) is 0 Å². The first kappa shape index (κ1) is 13.0. The molecule has 2 atom stereocenters. The van der Waals surface area contributed by atoms with Gasteiger partial charge in [-0.3, -0.25) is 9.59 Å². The van der Waals surface area contributed by atoms with Gasteiger partial charge >= 0.3 is 0 Å². The van der Waals surface area contributed by atoms with Crippen LogP contribution in [-0.4, -0.2) is 24.9 Å². The molecule has 0 aromatic rings. The minimum Gasteiger partial charge on any atom is -0.356 e. The number of hydrogen-bond acceptors (Lipinski definition) is 2. The maximum Gasteiger partial charge on any atom is 0.223 e. The zero-order valence-corrected chi connectivity index (χ0v) is 10.2. The monoisotopic (exact) mass is 226 g/mol. The van der Waals surface area contributed by atoms with Crippen molar-refractivity contribution < 1.29 is 9.59 Å². The summed E-state index contributed by atoms with van der Waals surface area (Å²) in [5.41, 5.74) is 0. The molecule has 1 fully saturated rings. The number of amides is 2. The largest absolute Gasteiger partial charge is 0.356 e. The highest BCUT2D eigenvalue weighted by atomic mass is 16.2. The molecule has 16 heavy (non-hydrogen) atoms. The molecule has 4 nitrogen and oxygen atoms in total. The molecule has 0 radical (unpaired) electrons. The summed E-state index contributed by atoms with van der Waals surface area (Å²) < 4.78 is 0. The van der Waals surface area contributed by atoms with Crippen LogP contribution in [0.3, 0.4) is 0 Å². The molecular formula is C12H22N2O2. The molecule has 1 saturated carbocycles. The van der Waals surface area contributed by atoms with Crippen LogP contribution >= 0.6 is 0 Å². The van der Waals surface area contributed by atoms with Gasteiger partial charge in [0.15, 0.2) is 0 Å². The third kappa shape index (κ3) is 3.83. The van der Waals surface area contributed by atoms with Crippen LogP contribution in [0.15, 0.2) is 0 Å². The lowest BCUT2D eigenvalue weighted by molar-refractivity contribution is -0.127. The standard InChI is InChI=1S/C12H22N2O2/c1-3-5-7-14-12(16)10-8-9(10)11(15)13-6-4-2/h9-10H,3-8H2,1-2H3,(H,13,15)(H,14,16). The molecule has 1 aliphatic carbocycles. The summed E-state index contributed by atoms with van der Waals surface area (Å²) in [6.45, 7) is 5.54. The summed E-state index contributed by atoms with van der Waals surface area (Å²) >= 11 is 0. The van der Waals surface area contributed by atoms with E-state index >= 15 is 0 Å². The number of rotatable bonds is 7. The molecule has 2 N–H and O–H groups in total. The smallest absolute Gasteiger partial charge is 0.223 e. The van der Waals surface area contributed by atoms with Gasteiger partial charge in [-0.1, -0.05) is 20.3 Å². The number of carbonyl (C=O) groups is 2. The zero-order chi connectivity index (χ0) is 12.0. The minimum absolute atomic E-state index is 0.0393. The summed E-state index contributed by atoms with van der Waals surface area (Å²) in [5.74, 6) is -0.0653. The van der Waals surface area contributed by atoms with E-state index in [9.17, 15) is 9.59 Å².